The van der Waals surface area contributed by atoms with Crippen molar-refractivity contribution in [3.05, 3.63) is 16.6 Å². The molecule has 66 valence electrons. The Morgan fingerprint density at radius 2 is 2.67 bits per heavy atom. The van der Waals surface area contributed by atoms with E-state index in [4.69, 9.17) is 0 Å². The van der Waals surface area contributed by atoms with E-state index < -0.39 is 0 Å². The molecule has 1 N–H and O–H groups in total. The van der Waals surface area contributed by atoms with E-state index in [1.165, 1.54) is 11.3 Å². The highest BCUT2D eigenvalue weighted by atomic mass is 32.1. The molecule has 0 aromatic carbocycles. The second-order valence-corrected chi connectivity index (χ2v) is 4.07. The first-order valence-electron chi connectivity index (χ1n) is 3.54. The molecule has 1 heterocycles. The highest BCUT2D eigenvalue weighted by molar-refractivity contribution is 7.81. The van der Waals surface area contributed by atoms with Crippen LogP contribution in [0.2, 0.25) is 0 Å². The fourth-order valence-corrected chi connectivity index (χ4v) is 1.30. The van der Waals surface area contributed by atoms with Gasteiger partial charge in [-0.15, -0.1) is 11.3 Å². The van der Waals surface area contributed by atoms with Crippen LogP contribution in [0.15, 0.2) is 11.6 Å². The average Bonchev–Trinajstić information content (AvgIpc) is 2.51. The molecule has 0 saturated carbocycles. The van der Waals surface area contributed by atoms with Gasteiger partial charge in [0.2, 0.25) is 5.91 Å². The molecule has 5 heteroatoms. The highest BCUT2D eigenvalue weighted by Gasteiger charge is 2.06. The molecule has 0 aliphatic carbocycles. The van der Waals surface area contributed by atoms with Gasteiger partial charge in [-0.25, -0.2) is 4.98 Å². The highest BCUT2D eigenvalue weighted by Crippen LogP contribution is 2.03. The predicted octanol–water partition coefficient (Wildman–Crippen LogP) is 1.08. The summed E-state index contributed by atoms with van der Waals surface area (Å²) in [5.74, 6) is -0.0615. The summed E-state index contributed by atoms with van der Waals surface area (Å²) in [7, 11) is 0. The van der Waals surface area contributed by atoms with Gasteiger partial charge in [-0.2, -0.15) is 12.6 Å². The number of carbonyl (C=O) groups excluding carboxylic acids is 1. The zero-order chi connectivity index (χ0) is 8.97. The van der Waals surface area contributed by atoms with Crippen molar-refractivity contribution in [1.82, 2.24) is 10.3 Å². The summed E-state index contributed by atoms with van der Waals surface area (Å²) in [6, 6.07) is 0. The maximum atomic E-state index is 11.0. The van der Waals surface area contributed by atoms with Crippen LogP contribution in [0, 0.1) is 0 Å². The van der Waals surface area contributed by atoms with Crippen LogP contribution in [0.3, 0.4) is 0 Å². The minimum atomic E-state index is -0.259. The van der Waals surface area contributed by atoms with Gasteiger partial charge in [0.1, 0.15) is 5.01 Å². The van der Waals surface area contributed by atoms with Crippen molar-refractivity contribution < 1.29 is 4.79 Å². The van der Waals surface area contributed by atoms with E-state index in [1.807, 2.05) is 5.38 Å². The van der Waals surface area contributed by atoms with Crippen molar-refractivity contribution in [3.8, 4) is 0 Å². The van der Waals surface area contributed by atoms with E-state index in [2.05, 4.69) is 22.9 Å². The van der Waals surface area contributed by atoms with Crippen LogP contribution in [0.5, 0.6) is 0 Å². The molecule has 0 fully saturated rings. The van der Waals surface area contributed by atoms with E-state index >= 15 is 0 Å². The molecule has 0 saturated heterocycles. The molecule has 0 bridgehead atoms. The maximum Gasteiger partial charge on any atom is 0.232 e. The first kappa shape index (κ1) is 9.54. The minimum Gasteiger partial charge on any atom is -0.349 e. The van der Waals surface area contributed by atoms with E-state index in [-0.39, 0.29) is 11.2 Å². The molecule has 12 heavy (non-hydrogen) atoms. The monoisotopic (exact) mass is 202 g/mol. The van der Waals surface area contributed by atoms with E-state index in [1.54, 1.807) is 13.1 Å². The Hall–Kier alpha value is -0.550. The third-order valence-corrected chi connectivity index (χ3v) is 2.29. The Bertz CT molecular complexity index is 246. The van der Waals surface area contributed by atoms with Crippen LogP contribution in [0.4, 0.5) is 0 Å². The van der Waals surface area contributed by atoms with Crippen molar-refractivity contribution in [2.75, 3.05) is 0 Å². The van der Waals surface area contributed by atoms with Gasteiger partial charge < -0.3 is 5.32 Å². The predicted molar refractivity (Wildman–Crippen MR) is 52.4 cm³/mol. The molecule has 1 unspecified atom stereocenters. The Labute approximate surface area is 80.6 Å². The van der Waals surface area contributed by atoms with Gasteiger partial charge in [-0.3, -0.25) is 4.79 Å². The van der Waals surface area contributed by atoms with Crippen molar-refractivity contribution in [2.45, 2.75) is 18.7 Å². The number of nitrogens with one attached hydrogen (secondary N) is 1. The molecule has 1 rings (SSSR count). The molecule has 0 radical (unpaired) electrons. The van der Waals surface area contributed by atoms with Gasteiger partial charge in [0.05, 0.1) is 11.8 Å². The molecule has 0 aliphatic rings. The van der Waals surface area contributed by atoms with Crippen LogP contribution in [0.1, 0.15) is 11.9 Å². The molecule has 1 aromatic heterocycles. The largest absolute Gasteiger partial charge is 0.349 e. The first-order valence-corrected chi connectivity index (χ1v) is 4.94. The van der Waals surface area contributed by atoms with Crippen molar-refractivity contribution in [2.24, 2.45) is 0 Å². The number of thiazole rings is 1. The number of carbonyl (C=O) groups is 1. The first-order chi connectivity index (χ1) is 5.70. The number of rotatable bonds is 3. The summed E-state index contributed by atoms with van der Waals surface area (Å²) in [4.78, 5) is 15.1. The average molecular weight is 202 g/mol. The quantitative estimate of drug-likeness (QED) is 0.720. The Balaban J connectivity index is 2.32. The summed E-state index contributed by atoms with van der Waals surface area (Å²) in [6.45, 7) is 2.24. The standard InChI is InChI=1S/C7H10N2OS2/c1-5(11)7(10)9-4-6-8-2-3-12-6/h2-3,5,11H,4H2,1H3,(H,9,10). The van der Waals surface area contributed by atoms with Gasteiger partial charge >= 0.3 is 0 Å². The second kappa shape index (κ2) is 4.47. The zero-order valence-electron chi connectivity index (χ0n) is 6.65. The second-order valence-electron chi connectivity index (χ2n) is 2.32. The summed E-state index contributed by atoms with van der Waals surface area (Å²) in [5.41, 5.74) is 0. The van der Waals surface area contributed by atoms with Gasteiger partial charge in [0, 0.05) is 11.6 Å². The summed E-state index contributed by atoms with van der Waals surface area (Å²) in [6.07, 6.45) is 1.72. The smallest absolute Gasteiger partial charge is 0.232 e. The van der Waals surface area contributed by atoms with Crippen LogP contribution >= 0.6 is 24.0 Å². The molecule has 0 aliphatic heterocycles. The normalized spacial score (nSPS) is 12.5. The third-order valence-electron chi connectivity index (χ3n) is 1.28. The number of hydrogen-bond acceptors (Lipinski definition) is 4. The fraction of sp³-hybridized carbons (Fsp3) is 0.429. The number of thiol groups is 1. The topological polar surface area (TPSA) is 42.0 Å². The number of nitrogens with zero attached hydrogens (tertiary/aromatic N) is 1. The van der Waals surface area contributed by atoms with Crippen molar-refractivity contribution in [1.29, 1.82) is 0 Å². The van der Waals surface area contributed by atoms with Gasteiger partial charge in [0.15, 0.2) is 0 Å². The summed E-state index contributed by atoms with van der Waals surface area (Å²) >= 11 is 5.52. The van der Waals surface area contributed by atoms with Crippen molar-refractivity contribution in [3.63, 3.8) is 0 Å². The maximum absolute atomic E-state index is 11.0. The zero-order valence-corrected chi connectivity index (χ0v) is 8.36. The lowest BCUT2D eigenvalue weighted by Gasteiger charge is -2.04. The van der Waals surface area contributed by atoms with Gasteiger partial charge in [-0.1, -0.05) is 0 Å². The van der Waals surface area contributed by atoms with Crippen LogP contribution < -0.4 is 5.32 Å². The SMILES string of the molecule is CC(S)C(=O)NCc1nccs1. The third kappa shape index (κ3) is 2.83. The van der Waals surface area contributed by atoms with E-state index in [0.29, 0.717) is 6.54 Å². The summed E-state index contributed by atoms with van der Waals surface area (Å²) < 4.78 is 0. The molecule has 1 amide bonds. The Morgan fingerprint density at radius 1 is 1.92 bits per heavy atom. The number of hydrogen-bond donors (Lipinski definition) is 2. The lowest BCUT2D eigenvalue weighted by atomic mass is 10.4. The Kier molecular flexibility index (Phi) is 3.55. The molecule has 0 spiro atoms. The van der Waals surface area contributed by atoms with E-state index in [0.717, 1.165) is 5.01 Å². The minimum absolute atomic E-state index is 0.0615. The molecule has 3 nitrogen and oxygen atoms in total. The fourth-order valence-electron chi connectivity index (χ4n) is 0.651. The number of amides is 1. The molecular weight excluding hydrogens is 192 g/mol. The van der Waals surface area contributed by atoms with Crippen molar-refractivity contribution >= 4 is 29.9 Å². The lowest BCUT2D eigenvalue weighted by Crippen LogP contribution is -2.28. The number of aromatic nitrogens is 1. The molecule has 1 aromatic rings. The molecule has 1 atom stereocenters. The molecular formula is C7H10N2OS2. The van der Waals surface area contributed by atoms with Crippen LogP contribution in [-0.2, 0) is 11.3 Å². The van der Waals surface area contributed by atoms with Crippen LogP contribution in [0.25, 0.3) is 0 Å². The van der Waals surface area contributed by atoms with Crippen LogP contribution in [-0.4, -0.2) is 16.1 Å². The van der Waals surface area contributed by atoms with Gasteiger partial charge in [-0.05, 0) is 6.92 Å². The Morgan fingerprint density at radius 3 is 3.17 bits per heavy atom. The van der Waals surface area contributed by atoms with E-state index in [9.17, 15) is 4.79 Å². The lowest BCUT2D eigenvalue weighted by molar-refractivity contribution is -0.120. The summed E-state index contributed by atoms with van der Waals surface area (Å²) in [5, 5.41) is 5.25. The van der Waals surface area contributed by atoms with Gasteiger partial charge in [0.25, 0.3) is 0 Å².